The minimum atomic E-state index is -0.997. The molecule has 1 amide bonds. The van der Waals surface area contributed by atoms with E-state index in [1.54, 1.807) is 20.8 Å². The predicted octanol–water partition coefficient (Wildman–Crippen LogP) is 3.55. The van der Waals surface area contributed by atoms with Crippen LogP contribution < -0.4 is 10.6 Å². The molecule has 1 atom stereocenters. The Labute approximate surface area is 146 Å². The summed E-state index contributed by atoms with van der Waals surface area (Å²) in [6, 6.07) is 0.412. The van der Waals surface area contributed by atoms with Crippen LogP contribution in [0, 0.1) is 5.92 Å². The zero-order chi connectivity index (χ0) is 18.9. The smallest absolute Gasteiger partial charge is 0.408 e. The quantitative estimate of drug-likeness (QED) is 0.686. The van der Waals surface area contributed by atoms with Crippen LogP contribution in [-0.4, -0.2) is 40.9 Å². The summed E-state index contributed by atoms with van der Waals surface area (Å²) >= 11 is 0. The summed E-state index contributed by atoms with van der Waals surface area (Å²) in [4.78, 5) is 22.5. The molecule has 0 aromatic heterocycles. The first-order chi connectivity index (χ1) is 10.9. The number of ether oxygens (including phenoxy) is 1. The molecule has 0 heterocycles. The Morgan fingerprint density at radius 1 is 1.12 bits per heavy atom. The Balaban J connectivity index is 0.000000640. The minimum Gasteiger partial charge on any atom is -0.480 e. The number of carboxylic acids is 1. The Bertz CT molecular complexity index is 379. The first-order valence-corrected chi connectivity index (χ1v) is 8.89. The van der Waals surface area contributed by atoms with Crippen molar-refractivity contribution >= 4 is 12.1 Å². The van der Waals surface area contributed by atoms with Gasteiger partial charge in [-0.2, -0.15) is 0 Å². The Morgan fingerprint density at radius 3 is 1.88 bits per heavy atom. The maximum Gasteiger partial charge on any atom is 0.408 e. The Morgan fingerprint density at radius 2 is 1.62 bits per heavy atom. The van der Waals surface area contributed by atoms with Crippen LogP contribution in [0.5, 0.6) is 0 Å². The molecular formula is C18H36N2O4. The summed E-state index contributed by atoms with van der Waals surface area (Å²) in [5, 5.41) is 14.7. The van der Waals surface area contributed by atoms with Crippen LogP contribution in [0.4, 0.5) is 4.79 Å². The Kier molecular flexibility index (Phi) is 9.97. The highest BCUT2D eigenvalue weighted by molar-refractivity contribution is 5.80. The van der Waals surface area contributed by atoms with Gasteiger partial charge in [-0.3, -0.25) is 0 Å². The van der Waals surface area contributed by atoms with Gasteiger partial charge in [0.05, 0.1) is 0 Å². The highest BCUT2D eigenvalue weighted by Crippen LogP contribution is 2.30. The largest absolute Gasteiger partial charge is 0.480 e. The molecule has 0 bridgehead atoms. The van der Waals surface area contributed by atoms with Crippen molar-refractivity contribution in [2.45, 2.75) is 97.9 Å². The summed E-state index contributed by atoms with van der Waals surface area (Å²) in [6.07, 6.45) is 3.10. The van der Waals surface area contributed by atoms with E-state index in [-0.39, 0.29) is 0 Å². The molecule has 3 N–H and O–H groups in total. The molecule has 1 rings (SSSR count). The minimum absolute atomic E-state index is 0.422. The molecule has 6 nitrogen and oxygen atoms in total. The summed E-state index contributed by atoms with van der Waals surface area (Å²) < 4.78 is 5.04. The summed E-state index contributed by atoms with van der Waals surface area (Å²) in [6.45, 7) is 13.8. The molecule has 1 saturated carbocycles. The van der Waals surface area contributed by atoms with E-state index in [0.717, 1.165) is 19.3 Å². The number of hydrogen-bond donors (Lipinski definition) is 3. The van der Waals surface area contributed by atoms with E-state index in [2.05, 4.69) is 38.3 Å². The second kappa shape index (κ2) is 10.5. The molecule has 6 heteroatoms. The molecule has 24 heavy (non-hydrogen) atoms. The van der Waals surface area contributed by atoms with Gasteiger partial charge >= 0.3 is 12.1 Å². The first-order valence-electron chi connectivity index (χ1n) is 8.89. The SMILES string of the molecule is CC(C)(C)OC(=O)N[C@H](CC1CCC1)C(=O)O.CC(C)NC(C)C. The molecule has 0 radical (unpaired) electrons. The zero-order valence-corrected chi connectivity index (χ0v) is 16.3. The third-order valence-corrected chi connectivity index (χ3v) is 3.45. The summed E-state index contributed by atoms with van der Waals surface area (Å²) in [5.41, 5.74) is -0.608. The summed E-state index contributed by atoms with van der Waals surface area (Å²) in [7, 11) is 0. The highest BCUT2D eigenvalue weighted by Gasteiger charge is 2.29. The van der Waals surface area contributed by atoms with Crippen molar-refractivity contribution < 1.29 is 19.4 Å². The molecule has 0 aromatic rings. The van der Waals surface area contributed by atoms with Crippen molar-refractivity contribution in [2.24, 2.45) is 5.92 Å². The van der Waals surface area contributed by atoms with Gasteiger partial charge < -0.3 is 20.5 Å². The molecule has 0 unspecified atom stereocenters. The van der Waals surface area contributed by atoms with E-state index in [1.165, 1.54) is 0 Å². The summed E-state index contributed by atoms with van der Waals surface area (Å²) in [5.74, 6) is -0.575. The predicted molar refractivity (Wildman–Crippen MR) is 96.2 cm³/mol. The third-order valence-electron chi connectivity index (χ3n) is 3.45. The number of carbonyl (C=O) groups is 2. The van der Waals surface area contributed by atoms with Gasteiger partial charge in [-0.15, -0.1) is 0 Å². The maximum absolute atomic E-state index is 11.5. The second-order valence-electron chi connectivity index (χ2n) is 8.05. The van der Waals surface area contributed by atoms with Gasteiger partial charge in [0.25, 0.3) is 0 Å². The van der Waals surface area contributed by atoms with Crippen LogP contribution in [0.15, 0.2) is 0 Å². The van der Waals surface area contributed by atoms with Gasteiger partial charge in [0.15, 0.2) is 0 Å². The standard InChI is InChI=1S/C12H21NO4.C6H15N/c1-12(2,3)17-11(16)13-9(10(14)15)7-8-5-4-6-8;1-5(2)7-6(3)4/h8-9H,4-7H2,1-3H3,(H,13,16)(H,14,15);5-7H,1-4H3/t9-;/m1./s1. The molecule has 0 saturated heterocycles. The topological polar surface area (TPSA) is 87.7 Å². The van der Waals surface area contributed by atoms with Gasteiger partial charge in [0.1, 0.15) is 11.6 Å². The van der Waals surface area contributed by atoms with E-state index in [1.807, 2.05) is 0 Å². The van der Waals surface area contributed by atoms with Gasteiger partial charge in [-0.05, 0) is 33.1 Å². The third kappa shape index (κ3) is 12.2. The van der Waals surface area contributed by atoms with Crippen LogP contribution >= 0.6 is 0 Å². The molecule has 0 spiro atoms. The number of rotatable bonds is 6. The van der Waals surface area contributed by atoms with Crippen molar-refractivity contribution in [3.63, 3.8) is 0 Å². The van der Waals surface area contributed by atoms with Crippen LogP contribution in [0.25, 0.3) is 0 Å². The molecule has 1 aliphatic carbocycles. The van der Waals surface area contributed by atoms with E-state index in [9.17, 15) is 9.59 Å². The first kappa shape index (κ1) is 22.7. The van der Waals surface area contributed by atoms with Crippen LogP contribution in [0.2, 0.25) is 0 Å². The van der Waals surface area contributed by atoms with Crippen LogP contribution in [-0.2, 0) is 9.53 Å². The van der Waals surface area contributed by atoms with Crippen molar-refractivity contribution in [1.82, 2.24) is 10.6 Å². The number of nitrogens with one attached hydrogen (secondary N) is 2. The molecule has 1 fully saturated rings. The lowest BCUT2D eigenvalue weighted by Crippen LogP contribution is -2.45. The monoisotopic (exact) mass is 344 g/mol. The molecular weight excluding hydrogens is 308 g/mol. The second-order valence-corrected chi connectivity index (χ2v) is 8.05. The number of alkyl carbamates (subject to hydrolysis) is 1. The van der Waals surface area contributed by atoms with E-state index < -0.39 is 23.7 Å². The van der Waals surface area contributed by atoms with Gasteiger partial charge in [-0.1, -0.05) is 47.0 Å². The van der Waals surface area contributed by atoms with E-state index in [4.69, 9.17) is 9.84 Å². The maximum atomic E-state index is 11.5. The number of aliphatic carboxylic acids is 1. The van der Waals surface area contributed by atoms with Crippen molar-refractivity contribution in [2.75, 3.05) is 0 Å². The number of carbonyl (C=O) groups excluding carboxylic acids is 1. The van der Waals surface area contributed by atoms with Crippen molar-refractivity contribution in [3.8, 4) is 0 Å². The van der Waals surface area contributed by atoms with Crippen LogP contribution in [0.3, 0.4) is 0 Å². The fourth-order valence-corrected chi connectivity index (χ4v) is 2.40. The molecule has 142 valence electrons. The lowest BCUT2D eigenvalue weighted by atomic mass is 9.81. The van der Waals surface area contributed by atoms with E-state index in [0.29, 0.717) is 24.4 Å². The lowest BCUT2D eigenvalue weighted by Gasteiger charge is -2.29. The molecule has 0 aromatic carbocycles. The number of hydrogen-bond acceptors (Lipinski definition) is 4. The zero-order valence-electron chi connectivity index (χ0n) is 16.3. The molecule has 0 aliphatic heterocycles. The fraction of sp³-hybridized carbons (Fsp3) is 0.889. The average molecular weight is 344 g/mol. The lowest BCUT2D eigenvalue weighted by molar-refractivity contribution is -0.140. The highest BCUT2D eigenvalue weighted by atomic mass is 16.6. The fourth-order valence-electron chi connectivity index (χ4n) is 2.40. The van der Waals surface area contributed by atoms with Gasteiger partial charge in [-0.25, -0.2) is 9.59 Å². The van der Waals surface area contributed by atoms with Gasteiger partial charge in [0, 0.05) is 12.1 Å². The van der Waals surface area contributed by atoms with Crippen molar-refractivity contribution in [1.29, 1.82) is 0 Å². The van der Waals surface area contributed by atoms with Crippen LogP contribution in [0.1, 0.15) is 74.1 Å². The van der Waals surface area contributed by atoms with Gasteiger partial charge in [0.2, 0.25) is 0 Å². The molecule has 1 aliphatic rings. The van der Waals surface area contributed by atoms with E-state index >= 15 is 0 Å². The average Bonchev–Trinajstić information content (AvgIpc) is 2.28. The Hall–Kier alpha value is -1.30. The number of amides is 1. The number of carboxylic acid groups (broad SMARTS) is 1. The normalized spacial score (nSPS) is 16.0. The van der Waals surface area contributed by atoms with Crippen molar-refractivity contribution in [3.05, 3.63) is 0 Å².